The van der Waals surface area contributed by atoms with Gasteiger partial charge in [0.1, 0.15) is 5.69 Å². The zero-order valence-electron chi connectivity index (χ0n) is 16.4. The Bertz CT molecular complexity index is 1280. The number of carbonyl (C=O) groups excluding carboxylic acids is 2. The SMILES string of the molecule is CNC(=O)c1cc(-n2ccc3cc(NC(=O)c4ccc(Cl)c(C)c4)ccc32)ccn1. The van der Waals surface area contributed by atoms with Crippen LogP contribution in [0.1, 0.15) is 26.4 Å². The number of anilines is 1. The predicted molar refractivity (Wildman–Crippen MR) is 119 cm³/mol. The van der Waals surface area contributed by atoms with Crippen LogP contribution in [0.2, 0.25) is 5.02 Å². The van der Waals surface area contributed by atoms with Gasteiger partial charge in [-0.25, -0.2) is 0 Å². The summed E-state index contributed by atoms with van der Waals surface area (Å²) in [4.78, 5) is 28.5. The number of aryl methyl sites for hydroxylation is 1. The summed E-state index contributed by atoms with van der Waals surface area (Å²) in [5.41, 5.74) is 4.22. The number of hydrogen-bond donors (Lipinski definition) is 2. The lowest BCUT2D eigenvalue weighted by Crippen LogP contribution is -2.19. The van der Waals surface area contributed by atoms with Gasteiger partial charge in [0, 0.05) is 46.8 Å². The first kappa shape index (κ1) is 19.7. The van der Waals surface area contributed by atoms with Gasteiger partial charge >= 0.3 is 0 Å². The number of nitrogens with one attached hydrogen (secondary N) is 2. The molecule has 2 heterocycles. The number of rotatable bonds is 4. The number of amides is 2. The van der Waals surface area contributed by atoms with Gasteiger partial charge in [0.05, 0.1) is 5.52 Å². The molecule has 30 heavy (non-hydrogen) atoms. The molecule has 4 aromatic rings. The van der Waals surface area contributed by atoms with E-state index in [1.807, 2.05) is 48.0 Å². The van der Waals surface area contributed by atoms with Gasteiger partial charge in [-0.15, -0.1) is 0 Å². The maximum Gasteiger partial charge on any atom is 0.269 e. The van der Waals surface area contributed by atoms with E-state index in [2.05, 4.69) is 15.6 Å². The molecule has 2 aromatic heterocycles. The summed E-state index contributed by atoms with van der Waals surface area (Å²) in [6, 6.07) is 16.4. The van der Waals surface area contributed by atoms with E-state index in [0.29, 0.717) is 22.0 Å². The zero-order chi connectivity index (χ0) is 21.3. The van der Waals surface area contributed by atoms with E-state index in [1.54, 1.807) is 37.5 Å². The molecule has 0 aliphatic carbocycles. The molecule has 2 aromatic carbocycles. The molecule has 0 aliphatic heterocycles. The first-order chi connectivity index (χ1) is 14.5. The molecule has 150 valence electrons. The van der Waals surface area contributed by atoms with E-state index in [9.17, 15) is 9.59 Å². The Morgan fingerprint density at radius 1 is 1.00 bits per heavy atom. The summed E-state index contributed by atoms with van der Waals surface area (Å²) in [6.07, 6.45) is 3.52. The largest absolute Gasteiger partial charge is 0.354 e. The second-order valence-electron chi connectivity index (χ2n) is 6.86. The Morgan fingerprint density at radius 3 is 2.60 bits per heavy atom. The molecule has 4 rings (SSSR count). The van der Waals surface area contributed by atoms with E-state index in [-0.39, 0.29) is 11.8 Å². The summed E-state index contributed by atoms with van der Waals surface area (Å²) >= 11 is 6.04. The summed E-state index contributed by atoms with van der Waals surface area (Å²) < 4.78 is 1.97. The second kappa shape index (κ2) is 8.00. The van der Waals surface area contributed by atoms with Gasteiger partial charge in [0.25, 0.3) is 11.8 Å². The van der Waals surface area contributed by atoms with Crippen LogP contribution in [0.15, 0.2) is 67.0 Å². The van der Waals surface area contributed by atoms with Gasteiger partial charge < -0.3 is 15.2 Å². The summed E-state index contributed by atoms with van der Waals surface area (Å²) in [7, 11) is 1.57. The normalized spacial score (nSPS) is 10.8. The van der Waals surface area contributed by atoms with Crippen molar-refractivity contribution in [2.75, 3.05) is 12.4 Å². The lowest BCUT2D eigenvalue weighted by molar-refractivity contribution is 0.0957. The van der Waals surface area contributed by atoms with Crippen LogP contribution < -0.4 is 10.6 Å². The van der Waals surface area contributed by atoms with E-state index in [4.69, 9.17) is 11.6 Å². The van der Waals surface area contributed by atoms with Crippen LogP contribution in [0.25, 0.3) is 16.6 Å². The van der Waals surface area contributed by atoms with Gasteiger partial charge in [-0.1, -0.05) is 11.6 Å². The van der Waals surface area contributed by atoms with Crippen molar-refractivity contribution in [1.82, 2.24) is 14.9 Å². The molecule has 0 spiro atoms. The molecule has 0 saturated carbocycles. The zero-order valence-corrected chi connectivity index (χ0v) is 17.2. The van der Waals surface area contributed by atoms with Crippen molar-refractivity contribution < 1.29 is 9.59 Å². The molecule has 7 heteroatoms. The third-order valence-corrected chi connectivity index (χ3v) is 5.27. The van der Waals surface area contributed by atoms with Crippen LogP contribution in [-0.4, -0.2) is 28.4 Å². The van der Waals surface area contributed by atoms with Crippen molar-refractivity contribution in [2.24, 2.45) is 0 Å². The summed E-state index contributed by atoms with van der Waals surface area (Å²) in [5, 5.41) is 7.09. The van der Waals surface area contributed by atoms with Gasteiger partial charge in [0.2, 0.25) is 0 Å². The molecule has 6 nitrogen and oxygen atoms in total. The number of hydrogen-bond acceptors (Lipinski definition) is 3. The molecule has 0 aliphatic rings. The number of halogens is 1. The van der Waals surface area contributed by atoms with Crippen LogP contribution in [0.3, 0.4) is 0 Å². The van der Waals surface area contributed by atoms with E-state index < -0.39 is 0 Å². The van der Waals surface area contributed by atoms with Crippen LogP contribution in [0, 0.1) is 6.92 Å². The van der Waals surface area contributed by atoms with Crippen LogP contribution in [-0.2, 0) is 0 Å². The monoisotopic (exact) mass is 418 g/mol. The van der Waals surface area contributed by atoms with Crippen molar-refractivity contribution >= 4 is 40.0 Å². The summed E-state index contributed by atoms with van der Waals surface area (Å²) in [6.45, 7) is 1.86. The first-order valence-electron chi connectivity index (χ1n) is 9.33. The lowest BCUT2D eigenvalue weighted by atomic mass is 10.1. The molecule has 2 N–H and O–H groups in total. The maximum atomic E-state index is 12.6. The molecule has 0 bridgehead atoms. The molecule has 0 atom stereocenters. The van der Waals surface area contributed by atoms with E-state index in [0.717, 1.165) is 22.2 Å². The Morgan fingerprint density at radius 2 is 1.83 bits per heavy atom. The summed E-state index contributed by atoms with van der Waals surface area (Å²) in [5.74, 6) is -0.436. The maximum absolute atomic E-state index is 12.6. The highest BCUT2D eigenvalue weighted by Crippen LogP contribution is 2.25. The third kappa shape index (κ3) is 3.77. The average molecular weight is 419 g/mol. The van der Waals surface area contributed by atoms with Crippen molar-refractivity contribution in [3.63, 3.8) is 0 Å². The number of fused-ring (bicyclic) bond motifs is 1. The molecular weight excluding hydrogens is 400 g/mol. The Kier molecular flexibility index (Phi) is 5.25. The highest BCUT2D eigenvalue weighted by atomic mass is 35.5. The molecule has 0 saturated heterocycles. The number of nitrogens with zero attached hydrogens (tertiary/aromatic N) is 2. The van der Waals surface area contributed by atoms with E-state index in [1.165, 1.54) is 0 Å². The fraction of sp³-hybridized carbons (Fsp3) is 0.0870. The smallest absolute Gasteiger partial charge is 0.269 e. The number of carbonyl (C=O) groups is 2. The van der Waals surface area contributed by atoms with Crippen LogP contribution >= 0.6 is 11.6 Å². The molecule has 0 unspecified atom stereocenters. The van der Waals surface area contributed by atoms with Crippen molar-refractivity contribution in [3.8, 4) is 5.69 Å². The minimum Gasteiger partial charge on any atom is -0.354 e. The highest BCUT2D eigenvalue weighted by molar-refractivity contribution is 6.31. The van der Waals surface area contributed by atoms with Crippen LogP contribution in [0.4, 0.5) is 5.69 Å². The van der Waals surface area contributed by atoms with Crippen LogP contribution in [0.5, 0.6) is 0 Å². The third-order valence-electron chi connectivity index (χ3n) is 4.85. The minimum atomic E-state index is -0.240. The van der Waals surface area contributed by atoms with Gasteiger partial charge in [-0.2, -0.15) is 0 Å². The fourth-order valence-electron chi connectivity index (χ4n) is 3.26. The predicted octanol–water partition coefficient (Wildman–Crippen LogP) is 4.60. The second-order valence-corrected chi connectivity index (χ2v) is 7.26. The molecule has 0 fully saturated rings. The van der Waals surface area contributed by atoms with Gasteiger partial charge in [-0.05, 0) is 67.1 Å². The van der Waals surface area contributed by atoms with Crippen molar-refractivity contribution in [1.29, 1.82) is 0 Å². The van der Waals surface area contributed by atoms with Crippen molar-refractivity contribution in [2.45, 2.75) is 6.92 Å². The Hall–Kier alpha value is -3.64. The average Bonchev–Trinajstić information content (AvgIpc) is 3.18. The number of benzene rings is 2. The highest BCUT2D eigenvalue weighted by Gasteiger charge is 2.11. The first-order valence-corrected chi connectivity index (χ1v) is 9.71. The molecular formula is C23H19ClN4O2. The quantitative estimate of drug-likeness (QED) is 0.508. The number of pyridine rings is 1. The standard InChI is InChI=1S/C23H19ClN4O2/c1-14-11-16(3-5-19(14)24)22(29)27-17-4-6-21-15(12-17)8-10-28(21)18-7-9-26-20(13-18)23(30)25-2/h3-13H,1-2H3,(H,25,30)(H,27,29). The Balaban J connectivity index is 1.62. The van der Waals surface area contributed by atoms with E-state index >= 15 is 0 Å². The molecule has 2 amide bonds. The van der Waals surface area contributed by atoms with Gasteiger partial charge in [0.15, 0.2) is 0 Å². The topological polar surface area (TPSA) is 76.0 Å². The molecule has 0 radical (unpaired) electrons. The lowest BCUT2D eigenvalue weighted by Gasteiger charge is -2.09. The van der Waals surface area contributed by atoms with Crippen molar-refractivity contribution in [3.05, 3.63) is 88.8 Å². The fourth-order valence-corrected chi connectivity index (χ4v) is 3.37. The Labute approximate surface area is 178 Å². The minimum absolute atomic E-state index is 0.196. The number of aromatic nitrogens is 2. The van der Waals surface area contributed by atoms with Gasteiger partial charge in [-0.3, -0.25) is 14.6 Å².